The van der Waals surface area contributed by atoms with Crippen molar-refractivity contribution in [2.45, 2.75) is 25.8 Å². The van der Waals surface area contributed by atoms with E-state index in [0.717, 1.165) is 6.04 Å². The van der Waals surface area contributed by atoms with Gasteiger partial charge in [0.2, 0.25) is 0 Å². The molecule has 1 fully saturated rings. The van der Waals surface area contributed by atoms with Crippen molar-refractivity contribution in [3.8, 4) is 0 Å². The average Bonchev–Trinajstić information content (AvgIpc) is 2.41. The third-order valence-corrected chi connectivity index (χ3v) is 3.11. The number of likely N-dealkylation sites (tertiary alicyclic amines) is 1. The molecule has 1 aromatic carbocycles. The van der Waals surface area contributed by atoms with E-state index in [4.69, 9.17) is 0 Å². The van der Waals surface area contributed by atoms with Crippen LogP contribution >= 0.6 is 0 Å². The topological polar surface area (TPSA) is 15.3 Å². The highest BCUT2D eigenvalue weighted by molar-refractivity contribution is 4.99. The van der Waals surface area contributed by atoms with Crippen molar-refractivity contribution < 1.29 is 0 Å². The second-order valence-electron chi connectivity index (χ2n) is 4.15. The number of hydrogen-bond acceptors (Lipinski definition) is 2. The monoisotopic (exact) mass is 220 g/mol. The van der Waals surface area contributed by atoms with Crippen molar-refractivity contribution in [3.05, 3.63) is 36.4 Å². The lowest BCUT2D eigenvalue weighted by Crippen LogP contribution is -2.40. The minimum Gasteiger partial charge on any atom is -0.317 e. The van der Waals surface area contributed by atoms with Gasteiger partial charge in [-0.05, 0) is 39.5 Å². The molecule has 2 rings (SSSR count). The summed E-state index contributed by atoms with van der Waals surface area (Å²) in [6.45, 7) is 6.01. The molecule has 0 aliphatic carbocycles. The Hall–Kier alpha value is -0.860. The Morgan fingerprint density at radius 1 is 1.00 bits per heavy atom. The molecule has 1 N–H and O–H groups in total. The van der Waals surface area contributed by atoms with Gasteiger partial charge in [0.15, 0.2) is 0 Å². The van der Waals surface area contributed by atoms with E-state index in [1.807, 2.05) is 36.4 Å². The quantitative estimate of drug-likeness (QED) is 0.823. The van der Waals surface area contributed by atoms with Crippen molar-refractivity contribution in [1.29, 1.82) is 0 Å². The molecule has 16 heavy (non-hydrogen) atoms. The van der Waals surface area contributed by atoms with Crippen molar-refractivity contribution in [2.24, 2.45) is 0 Å². The van der Waals surface area contributed by atoms with Crippen LogP contribution in [-0.4, -0.2) is 37.6 Å². The third kappa shape index (κ3) is 5.29. The fourth-order valence-corrected chi connectivity index (χ4v) is 1.92. The van der Waals surface area contributed by atoms with Gasteiger partial charge < -0.3 is 10.2 Å². The first kappa shape index (κ1) is 13.2. The maximum absolute atomic E-state index is 3.32. The highest BCUT2D eigenvalue weighted by atomic mass is 15.1. The van der Waals surface area contributed by atoms with Crippen molar-refractivity contribution in [2.75, 3.05) is 26.7 Å². The van der Waals surface area contributed by atoms with E-state index in [0.29, 0.717) is 0 Å². The van der Waals surface area contributed by atoms with Gasteiger partial charge in [-0.15, -0.1) is 0 Å². The second kappa shape index (κ2) is 8.31. The van der Waals surface area contributed by atoms with E-state index in [1.54, 1.807) is 0 Å². The van der Waals surface area contributed by atoms with E-state index in [2.05, 4.69) is 24.2 Å². The van der Waals surface area contributed by atoms with Crippen molar-refractivity contribution in [1.82, 2.24) is 10.2 Å². The lowest BCUT2D eigenvalue weighted by Gasteiger charge is -2.30. The first-order chi connectivity index (χ1) is 7.86. The molecule has 0 amide bonds. The molecule has 2 nitrogen and oxygen atoms in total. The molecule has 1 heterocycles. The molecule has 1 aliphatic heterocycles. The zero-order chi connectivity index (χ0) is 11.6. The van der Waals surface area contributed by atoms with Gasteiger partial charge in [-0.1, -0.05) is 43.3 Å². The van der Waals surface area contributed by atoms with E-state index >= 15 is 0 Å². The molecule has 0 bridgehead atoms. The normalized spacial score (nSPS) is 17.6. The highest BCUT2D eigenvalue weighted by Gasteiger charge is 2.15. The molecule has 0 aromatic heterocycles. The summed E-state index contributed by atoms with van der Waals surface area (Å²) in [5.74, 6) is 0. The predicted octanol–water partition coefficient (Wildman–Crippen LogP) is 2.38. The summed E-state index contributed by atoms with van der Waals surface area (Å²) in [7, 11) is 2.06. The van der Waals surface area contributed by atoms with Crippen LogP contribution in [-0.2, 0) is 0 Å². The molecule has 0 spiro atoms. The molecule has 0 unspecified atom stereocenters. The van der Waals surface area contributed by atoms with E-state index < -0.39 is 0 Å². The molecular formula is C14H24N2. The number of rotatable bonds is 2. The minimum absolute atomic E-state index is 0.780. The molecule has 1 aliphatic rings. The number of benzene rings is 1. The van der Waals surface area contributed by atoms with Crippen LogP contribution in [0.4, 0.5) is 0 Å². The van der Waals surface area contributed by atoms with Crippen molar-refractivity contribution in [3.63, 3.8) is 0 Å². The average molecular weight is 220 g/mol. The fraction of sp³-hybridized carbons (Fsp3) is 0.571. The molecule has 0 atom stereocenters. The Bertz CT molecular complexity index is 201. The summed E-state index contributed by atoms with van der Waals surface area (Å²) in [5, 5.41) is 3.32. The lowest BCUT2D eigenvalue weighted by molar-refractivity contribution is 0.211. The summed E-state index contributed by atoms with van der Waals surface area (Å²) in [4.78, 5) is 2.51. The largest absolute Gasteiger partial charge is 0.317 e. The van der Waals surface area contributed by atoms with Gasteiger partial charge in [0.1, 0.15) is 0 Å². The summed E-state index contributed by atoms with van der Waals surface area (Å²) >= 11 is 0. The van der Waals surface area contributed by atoms with Crippen LogP contribution in [0.15, 0.2) is 36.4 Å². The number of nitrogens with one attached hydrogen (secondary N) is 1. The van der Waals surface area contributed by atoms with Gasteiger partial charge in [0.25, 0.3) is 0 Å². The predicted molar refractivity (Wildman–Crippen MR) is 70.6 cm³/mol. The molecule has 0 saturated carbocycles. The molecule has 0 radical (unpaired) electrons. The van der Waals surface area contributed by atoms with Gasteiger partial charge in [-0.25, -0.2) is 0 Å². The first-order valence-electron chi connectivity index (χ1n) is 6.26. The van der Waals surface area contributed by atoms with Gasteiger partial charge in [-0.2, -0.15) is 0 Å². The smallest absolute Gasteiger partial charge is 0.00884 e. The highest BCUT2D eigenvalue weighted by Crippen LogP contribution is 2.08. The fourth-order valence-electron chi connectivity index (χ4n) is 1.92. The molecular weight excluding hydrogens is 196 g/mol. The second-order valence-corrected chi connectivity index (χ2v) is 4.15. The van der Waals surface area contributed by atoms with Crippen LogP contribution in [0.25, 0.3) is 0 Å². The number of piperidine rings is 1. The Kier molecular flexibility index (Phi) is 6.86. The Morgan fingerprint density at radius 2 is 1.44 bits per heavy atom. The number of hydrogen-bond donors (Lipinski definition) is 1. The zero-order valence-corrected chi connectivity index (χ0v) is 10.5. The summed E-state index contributed by atoms with van der Waals surface area (Å²) < 4.78 is 0. The van der Waals surface area contributed by atoms with Crippen molar-refractivity contribution >= 4 is 0 Å². The van der Waals surface area contributed by atoms with Crippen LogP contribution in [0.1, 0.15) is 19.8 Å². The van der Waals surface area contributed by atoms with Gasteiger partial charge in [0.05, 0.1) is 0 Å². The minimum atomic E-state index is 0.780. The number of nitrogens with zero attached hydrogens (tertiary/aromatic N) is 1. The van der Waals surface area contributed by atoms with E-state index in [-0.39, 0.29) is 0 Å². The Morgan fingerprint density at radius 3 is 1.75 bits per heavy atom. The third-order valence-electron chi connectivity index (χ3n) is 3.11. The molecule has 90 valence electrons. The maximum Gasteiger partial charge on any atom is 0.00884 e. The lowest BCUT2D eigenvalue weighted by atomic mass is 10.1. The molecule has 2 heteroatoms. The van der Waals surface area contributed by atoms with Gasteiger partial charge in [-0.3, -0.25) is 0 Å². The van der Waals surface area contributed by atoms with Crippen LogP contribution in [0.3, 0.4) is 0 Å². The summed E-state index contributed by atoms with van der Waals surface area (Å²) in [5.41, 5.74) is 0. The maximum atomic E-state index is 3.32. The van der Waals surface area contributed by atoms with Crippen LogP contribution in [0.2, 0.25) is 0 Å². The van der Waals surface area contributed by atoms with E-state index in [9.17, 15) is 0 Å². The molecule has 1 saturated heterocycles. The Labute approximate surface area is 99.7 Å². The van der Waals surface area contributed by atoms with Crippen LogP contribution in [0.5, 0.6) is 0 Å². The first-order valence-corrected chi connectivity index (χ1v) is 6.26. The summed E-state index contributed by atoms with van der Waals surface area (Å²) in [6, 6.07) is 12.8. The SMILES string of the molecule is CCN1CCC(NC)CC1.c1ccccc1. The van der Waals surface area contributed by atoms with E-state index in [1.165, 1.54) is 32.5 Å². The summed E-state index contributed by atoms with van der Waals surface area (Å²) in [6.07, 6.45) is 2.65. The van der Waals surface area contributed by atoms with Crippen LogP contribution in [0, 0.1) is 0 Å². The standard InChI is InChI=1S/C8H18N2.C6H6/c1-3-10-6-4-8(9-2)5-7-10;1-2-4-6-5-3-1/h8-9H,3-7H2,1-2H3;1-6H. The van der Waals surface area contributed by atoms with Crippen LogP contribution < -0.4 is 5.32 Å². The van der Waals surface area contributed by atoms with Gasteiger partial charge in [0, 0.05) is 6.04 Å². The Balaban J connectivity index is 0.000000181. The van der Waals surface area contributed by atoms with Gasteiger partial charge >= 0.3 is 0 Å². The molecule has 1 aromatic rings. The zero-order valence-electron chi connectivity index (χ0n) is 10.5.